The van der Waals surface area contributed by atoms with Crippen molar-refractivity contribution in [3.63, 3.8) is 0 Å². The van der Waals surface area contributed by atoms with E-state index < -0.39 is 0 Å². The second-order valence-corrected chi connectivity index (χ2v) is 6.01. The van der Waals surface area contributed by atoms with Crippen molar-refractivity contribution in [3.8, 4) is 0 Å². The number of hydrogen-bond donors (Lipinski definition) is 0. The molecule has 0 spiro atoms. The summed E-state index contributed by atoms with van der Waals surface area (Å²) >= 11 is 3.64. The summed E-state index contributed by atoms with van der Waals surface area (Å²) in [6.45, 7) is 4.34. The van der Waals surface area contributed by atoms with Crippen LogP contribution in [0.5, 0.6) is 0 Å². The molecule has 1 aliphatic rings. The SMILES string of the molecule is Cc1cc(CN2CCCC2CBr)c2ccccc2n1. The Labute approximate surface area is 123 Å². The molecule has 100 valence electrons. The van der Waals surface area contributed by atoms with Crippen molar-refractivity contribution < 1.29 is 0 Å². The fraction of sp³-hybridized carbons (Fsp3) is 0.438. The minimum atomic E-state index is 0.687. The maximum Gasteiger partial charge on any atom is 0.0708 e. The summed E-state index contributed by atoms with van der Waals surface area (Å²) in [5.74, 6) is 0. The van der Waals surface area contributed by atoms with Gasteiger partial charge in [0, 0.05) is 29.0 Å². The molecular weight excluding hydrogens is 300 g/mol. The summed E-state index contributed by atoms with van der Waals surface area (Å²) in [5, 5.41) is 2.38. The second kappa shape index (κ2) is 5.59. The van der Waals surface area contributed by atoms with Crippen molar-refractivity contribution in [1.29, 1.82) is 0 Å². The maximum absolute atomic E-state index is 4.62. The van der Waals surface area contributed by atoms with Crippen LogP contribution in [0.2, 0.25) is 0 Å². The summed E-state index contributed by atoms with van der Waals surface area (Å²) in [6, 6.07) is 11.4. The summed E-state index contributed by atoms with van der Waals surface area (Å²) in [7, 11) is 0. The van der Waals surface area contributed by atoms with Crippen molar-refractivity contribution in [2.75, 3.05) is 11.9 Å². The van der Waals surface area contributed by atoms with Crippen LogP contribution >= 0.6 is 15.9 Å². The Bertz CT molecular complexity index is 582. The summed E-state index contributed by atoms with van der Waals surface area (Å²) in [4.78, 5) is 7.22. The topological polar surface area (TPSA) is 16.1 Å². The lowest BCUT2D eigenvalue weighted by Crippen LogP contribution is -2.30. The number of alkyl halides is 1. The van der Waals surface area contributed by atoms with E-state index in [2.05, 4.69) is 63.1 Å². The number of benzene rings is 1. The minimum Gasteiger partial charge on any atom is -0.295 e. The Morgan fingerprint density at radius 2 is 2.21 bits per heavy atom. The predicted molar refractivity (Wildman–Crippen MR) is 83.7 cm³/mol. The standard InChI is InChI=1S/C16H19BrN2/c1-12-9-13(11-19-8-4-5-14(19)10-17)15-6-2-3-7-16(15)18-12/h2-3,6-7,9,14H,4-5,8,10-11H2,1H3. The van der Waals surface area contributed by atoms with Crippen LogP contribution in [0.15, 0.2) is 30.3 Å². The summed E-state index contributed by atoms with van der Waals surface area (Å²) in [6.07, 6.45) is 2.63. The predicted octanol–water partition coefficient (Wildman–Crippen LogP) is 3.90. The number of aryl methyl sites for hydroxylation is 1. The van der Waals surface area contributed by atoms with E-state index >= 15 is 0 Å². The highest BCUT2D eigenvalue weighted by Gasteiger charge is 2.23. The molecule has 0 amide bonds. The fourth-order valence-corrected chi connectivity index (χ4v) is 3.76. The molecule has 0 radical (unpaired) electrons. The zero-order valence-electron chi connectivity index (χ0n) is 11.3. The van der Waals surface area contributed by atoms with Gasteiger partial charge in [-0.2, -0.15) is 0 Å². The van der Waals surface area contributed by atoms with Gasteiger partial charge >= 0.3 is 0 Å². The monoisotopic (exact) mass is 318 g/mol. The Morgan fingerprint density at radius 3 is 3.05 bits per heavy atom. The molecule has 2 nitrogen and oxygen atoms in total. The Kier molecular flexibility index (Phi) is 3.85. The van der Waals surface area contributed by atoms with E-state index in [-0.39, 0.29) is 0 Å². The second-order valence-electron chi connectivity index (χ2n) is 5.36. The number of hydrogen-bond acceptors (Lipinski definition) is 2. The largest absolute Gasteiger partial charge is 0.295 e. The molecule has 1 aliphatic heterocycles. The van der Waals surface area contributed by atoms with Crippen molar-refractivity contribution in [2.24, 2.45) is 0 Å². The highest BCUT2D eigenvalue weighted by Crippen LogP contribution is 2.25. The van der Waals surface area contributed by atoms with E-state index in [1.807, 2.05) is 0 Å². The highest BCUT2D eigenvalue weighted by atomic mass is 79.9. The molecule has 1 aromatic heterocycles. The molecule has 1 aromatic carbocycles. The summed E-state index contributed by atoms with van der Waals surface area (Å²) < 4.78 is 0. The van der Waals surface area contributed by atoms with E-state index in [0.717, 1.165) is 23.1 Å². The van der Waals surface area contributed by atoms with Gasteiger partial charge < -0.3 is 0 Å². The van der Waals surface area contributed by atoms with E-state index in [1.165, 1.54) is 30.3 Å². The molecule has 1 fully saturated rings. The molecular formula is C16H19BrN2. The normalized spacial score (nSPS) is 20.2. The molecule has 3 heteroatoms. The molecule has 19 heavy (non-hydrogen) atoms. The van der Waals surface area contributed by atoms with Crippen molar-refractivity contribution >= 4 is 26.8 Å². The highest BCUT2D eigenvalue weighted by molar-refractivity contribution is 9.09. The van der Waals surface area contributed by atoms with E-state index in [4.69, 9.17) is 0 Å². The lowest BCUT2D eigenvalue weighted by molar-refractivity contribution is 0.266. The van der Waals surface area contributed by atoms with E-state index in [9.17, 15) is 0 Å². The molecule has 2 heterocycles. The summed E-state index contributed by atoms with van der Waals surface area (Å²) in [5.41, 5.74) is 3.64. The molecule has 3 rings (SSSR count). The van der Waals surface area contributed by atoms with Gasteiger partial charge in [0.15, 0.2) is 0 Å². The first kappa shape index (κ1) is 13.1. The van der Waals surface area contributed by atoms with Gasteiger partial charge in [0.2, 0.25) is 0 Å². The van der Waals surface area contributed by atoms with Crippen molar-refractivity contribution in [2.45, 2.75) is 32.4 Å². The van der Waals surface area contributed by atoms with Crippen LogP contribution < -0.4 is 0 Å². The first-order valence-corrected chi connectivity index (χ1v) is 8.05. The third-order valence-electron chi connectivity index (χ3n) is 3.98. The minimum absolute atomic E-state index is 0.687. The van der Waals surface area contributed by atoms with Gasteiger partial charge in [0.1, 0.15) is 0 Å². The lowest BCUT2D eigenvalue weighted by Gasteiger charge is -2.23. The van der Waals surface area contributed by atoms with Gasteiger partial charge in [-0.1, -0.05) is 34.1 Å². The third kappa shape index (κ3) is 2.67. The maximum atomic E-state index is 4.62. The third-order valence-corrected chi connectivity index (χ3v) is 4.73. The fourth-order valence-electron chi connectivity index (χ4n) is 3.02. The zero-order valence-corrected chi connectivity index (χ0v) is 12.9. The molecule has 1 saturated heterocycles. The molecule has 0 N–H and O–H groups in total. The van der Waals surface area contributed by atoms with Crippen LogP contribution in [0.1, 0.15) is 24.1 Å². The number of nitrogens with zero attached hydrogens (tertiary/aromatic N) is 2. The molecule has 0 saturated carbocycles. The number of rotatable bonds is 3. The lowest BCUT2D eigenvalue weighted by atomic mass is 10.1. The number of fused-ring (bicyclic) bond motifs is 1. The molecule has 1 atom stereocenters. The van der Waals surface area contributed by atoms with Gasteiger partial charge in [-0.25, -0.2) is 0 Å². The first-order chi connectivity index (χ1) is 9.28. The Balaban J connectivity index is 1.96. The van der Waals surface area contributed by atoms with Gasteiger partial charge in [-0.05, 0) is 44.0 Å². The molecule has 0 aliphatic carbocycles. The van der Waals surface area contributed by atoms with Crippen LogP contribution in [0.25, 0.3) is 10.9 Å². The smallest absolute Gasteiger partial charge is 0.0708 e. The first-order valence-electron chi connectivity index (χ1n) is 6.93. The molecule has 0 bridgehead atoms. The van der Waals surface area contributed by atoms with Crippen LogP contribution in [0.4, 0.5) is 0 Å². The van der Waals surface area contributed by atoms with Gasteiger partial charge in [0.05, 0.1) is 5.52 Å². The quantitative estimate of drug-likeness (QED) is 0.798. The van der Waals surface area contributed by atoms with Crippen LogP contribution in [-0.2, 0) is 6.54 Å². The van der Waals surface area contributed by atoms with Gasteiger partial charge in [-0.3, -0.25) is 9.88 Å². The van der Waals surface area contributed by atoms with Crippen LogP contribution in [-0.4, -0.2) is 27.8 Å². The van der Waals surface area contributed by atoms with Gasteiger partial charge in [-0.15, -0.1) is 0 Å². The van der Waals surface area contributed by atoms with Crippen LogP contribution in [0, 0.1) is 6.92 Å². The molecule has 2 aromatic rings. The molecule has 1 unspecified atom stereocenters. The zero-order chi connectivity index (χ0) is 13.2. The Hall–Kier alpha value is -0.930. The van der Waals surface area contributed by atoms with E-state index in [1.54, 1.807) is 0 Å². The average Bonchev–Trinajstić information content (AvgIpc) is 2.86. The number of aromatic nitrogens is 1. The number of likely N-dealkylation sites (tertiary alicyclic amines) is 1. The van der Waals surface area contributed by atoms with E-state index in [0.29, 0.717) is 6.04 Å². The van der Waals surface area contributed by atoms with Gasteiger partial charge in [0.25, 0.3) is 0 Å². The van der Waals surface area contributed by atoms with Crippen LogP contribution in [0.3, 0.4) is 0 Å². The number of halogens is 1. The van der Waals surface area contributed by atoms with Crippen molar-refractivity contribution in [1.82, 2.24) is 9.88 Å². The Morgan fingerprint density at radius 1 is 1.37 bits per heavy atom. The average molecular weight is 319 g/mol. The number of para-hydroxylation sites is 1. The van der Waals surface area contributed by atoms with Crippen molar-refractivity contribution in [3.05, 3.63) is 41.6 Å². The number of pyridine rings is 1.